The largest absolute Gasteiger partial charge is 0.354 e. The third-order valence-electron chi connectivity index (χ3n) is 3.39. The van der Waals surface area contributed by atoms with Crippen LogP contribution in [-0.4, -0.2) is 36.4 Å². The number of hydrogen-bond acceptors (Lipinski definition) is 4. The minimum atomic E-state index is -0.669. The molecule has 1 aromatic heterocycles. The molecule has 0 saturated carbocycles. The molecule has 2 rings (SSSR count). The maximum absolute atomic E-state index is 14.0. The molecule has 1 atom stereocenters. The topological polar surface area (TPSA) is 45.2 Å². The number of hydrogen-bond donors (Lipinski definition) is 1. The number of nitrogens with zero attached hydrogens (tertiary/aromatic N) is 2. The van der Waals surface area contributed by atoms with Crippen molar-refractivity contribution < 1.29 is 9.18 Å². The third kappa shape index (κ3) is 4.50. The molecule has 1 heterocycles. The van der Waals surface area contributed by atoms with Crippen molar-refractivity contribution >= 4 is 28.8 Å². The molecule has 7 heteroatoms. The minimum absolute atomic E-state index is 0.237. The fourth-order valence-corrected chi connectivity index (χ4v) is 3.37. The van der Waals surface area contributed by atoms with Gasteiger partial charge >= 0.3 is 0 Å². The van der Waals surface area contributed by atoms with Crippen molar-refractivity contribution in [1.29, 1.82) is 0 Å². The maximum Gasteiger partial charge on any atom is 0.242 e. The Kier molecular flexibility index (Phi) is 6.10. The fraction of sp³-hybridized carbons (Fsp3) is 0.375. The van der Waals surface area contributed by atoms with Gasteiger partial charge in [-0.1, -0.05) is 29.8 Å². The number of nitrogens with one attached hydrogen (secondary N) is 1. The number of carbonyl (C=O) groups excluding carboxylic acids is 1. The van der Waals surface area contributed by atoms with Gasteiger partial charge in [-0.15, -0.1) is 11.3 Å². The normalized spacial score (nSPS) is 12.4. The van der Waals surface area contributed by atoms with E-state index in [4.69, 9.17) is 11.6 Å². The lowest BCUT2D eigenvalue weighted by atomic mass is 10.0. The summed E-state index contributed by atoms with van der Waals surface area (Å²) in [4.78, 5) is 18.5. The van der Waals surface area contributed by atoms with Crippen molar-refractivity contribution in [2.45, 2.75) is 19.4 Å². The van der Waals surface area contributed by atoms with Crippen LogP contribution in [0.3, 0.4) is 0 Å². The van der Waals surface area contributed by atoms with Gasteiger partial charge in [0, 0.05) is 18.5 Å². The minimum Gasteiger partial charge on any atom is -0.354 e. The number of aryl methyl sites for hydroxylation is 1. The van der Waals surface area contributed by atoms with Gasteiger partial charge in [-0.2, -0.15) is 0 Å². The first-order valence-corrected chi connectivity index (χ1v) is 8.40. The first kappa shape index (κ1) is 17.8. The zero-order valence-electron chi connectivity index (χ0n) is 13.3. The van der Waals surface area contributed by atoms with Gasteiger partial charge in [0.2, 0.25) is 5.91 Å². The molecule has 1 amide bonds. The van der Waals surface area contributed by atoms with Gasteiger partial charge < -0.3 is 5.32 Å². The van der Waals surface area contributed by atoms with E-state index in [2.05, 4.69) is 10.3 Å². The van der Waals surface area contributed by atoms with Crippen LogP contribution < -0.4 is 5.32 Å². The molecule has 0 bridgehead atoms. The predicted octanol–water partition coefficient (Wildman–Crippen LogP) is 3.21. The number of thiazole rings is 1. The highest BCUT2D eigenvalue weighted by atomic mass is 35.5. The summed E-state index contributed by atoms with van der Waals surface area (Å²) in [6.45, 7) is 2.28. The number of amides is 1. The number of rotatable bonds is 6. The summed E-state index contributed by atoms with van der Waals surface area (Å²) in [6, 6.07) is 5.65. The molecule has 2 aromatic rings. The second-order valence-corrected chi connectivity index (χ2v) is 7.08. The first-order valence-electron chi connectivity index (χ1n) is 7.20. The Morgan fingerprint density at radius 3 is 2.70 bits per heavy atom. The van der Waals surface area contributed by atoms with Gasteiger partial charge in [-0.3, -0.25) is 9.69 Å². The molecule has 1 N–H and O–H groups in total. The van der Waals surface area contributed by atoms with E-state index >= 15 is 0 Å². The van der Waals surface area contributed by atoms with Crippen molar-refractivity contribution in [3.05, 3.63) is 50.7 Å². The highest BCUT2D eigenvalue weighted by Gasteiger charge is 2.25. The SMILES string of the molecule is Cc1nc(CCNC(=O)[C@H](c2ccccc2F)N(C)C)sc1Cl. The number of carbonyl (C=O) groups is 1. The van der Waals surface area contributed by atoms with E-state index in [9.17, 15) is 9.18 Å². The van der Waals surface area contributed by atoms with Crippen LogP contribution in [0.2, 0.25) is 4.34 Å². The lowest BCUT2D eigenvalue weighted by molar-refractivity contribution is -0.125. The van der Waals surface area contributed by atoms with Crippen LogP contribution in [0.25, 0.3) is 0 Å². The summed E-state index contributed by atoms with van der Waals surface area (Å²) in [5.74, 6) is -0.622. The van der Waals surface area contributed by atoms with Crippen molar-refractivity contribution in [1.82, 2.24) is 15.2 Å². The molecular weight excluding hydrogens is 337 g/mol. The Hall–Kier alpha value is -1.50. The summed E-state index contributed by atoms with van der Waals surface area (Å²) in [5, 5.41) is 3.72. The molecule has 4 nitrogen and oxygen atoms in total. The maximum atomic E-state index is 14.0. The van der Waals surface area contributed by atoms with Crippen molar-refractivity contribution in [2.75, 3.05) is 20.6 Å². The number of benzene rings is 1. The smallest absolute Gasteiger partial charge is 0.242 e. The molecule has 0 unspecified atom stereocenters. The van der Waals surface area contributed by atoms with Gasteiger partial charge in [0.25, 0.3) is 0 Å². The van der Waals surface area contributed by atoms with E-state index in [1.54, 1.807) is 37.2 Å². The summed E-state index contributed by atoms with van der Waals surface area (Å²) < 4.78 is 14.6. The summed E-state index contributed by atoms with van der Waals surface area (Å²) >= 11 is 7.39. The molecule has 0 spiro atoms. The van der Waals surface area contributed by atoms with Crippen molar-refractivity contribution in [3.8, 4) is 0 Å². The fourth-order valence-electron chi connectivity index (χ4n) is 2.28. The lowest BCUT2D eigenvalue weighted by Gasteiger charge is -2.24. The van der Waals surface area contributed by atoms with Crippen LogP contribution in [0.15, 0.2) is 24.3 Å². The van der Waals surface area contributed by atoms with Crippen molar-refractivity contribution in [2.24, 2.45) is 0 Å². The number of halogens is 2. The van der Waals surface area contributed by atoms with Crippen LogP contribution >= 0.6 is 22.9 Å². The molecule has 0 aliphatic heterocycles. The Morgan fingerprint density at radius 2 is 2.13 bits per heavy atom. The van der Waals surface area contributed by atoms with Crippen LogP contribution in [0.5, 0.6) is 0 Å². The molecule has 124 valence electrons. The first-order chi connectivity index (χ1) is 10.9. The van der Waals surface area contributed by atoms with Gasteiger partial charge in [0.05, 0.1) is 10.7 Å². The molecule has 0 saturated heterocycles. The Bertz CT molecular complexity index is 670. The monoisotopic (exact) mass is 355 g/mol. The van der Waals surface area contributed by atoms with Gasteiger partial charge in [0.15, 0.2) is 0 Å². The highest BCUT2D eigenvalue weighted by Crippen LogP contribution is 2.24. The molecule has 0 radical (unpaired) electrons. The lowest BCUT2D eigenvalue weighted by Crippen LogP contribution is -2.38. The quantitative estimate of drug-likeness (QED) is 0.865. The van der Waals surface area contributed by atoms with E-state index in [1.165, 1.54) is 17.4 Å². The van der Waals surface area contributed by atoms with E-state index in [0.29, 0.717) is 22.9 Å². The highest BCUT2D eigenvalue weighted by molar-refractivity contribution is 7.16. The van der Waals surface area contributed by atoms with E-state index in [1.807, 2.05) is 6.92 Å². The Balaban J connectivity index is 2.00. The van der Waals surface area contributed by atoms with E-state index in [-0.39, 0.29) is 11.7 Å². The average molecular weight is 356 g/mol. The van der Waals surface area contributed by atoms with Crippen molar-refractivity contribution in [3.63, 3.8) is 0 Å². The molecule has 0 aliphatic rings. The van der Waals surface area contributed by atoms with Crippen LogP contribution in [0, 0.1) is 12.7 Å². The molecule has 23 heavy (non-hydrogen) atoms. The molecule has 0 aliphatic carbocycles. The third-order valence-corrected chi connectivity index (χ3v) is 4.90. The molecule has 1 aromatic carbocycles. The summed E-state index contributed by atoms with van der Waals surface area (Å²) in [5.41, 5.74) is 1.17. The Morgan fingerprint density at radius 1 is 1.43 bits per heavy atom. The standard InChI is InChI=1S/C16H19ClFN3OS/c1-10-15(17)23-13(20-10)8-9-19-16(22)14(21(2)3)11-6-4-5-7-12(11)18/h4-7,14H,8-9H2,1-3H3,(H,19,22)/t14-/m0/s1. The van der Waals surface area contributed by atoms with Crippen LogP contribution in [0.1, 0.15) is 22.3 Å². The Labute approximate surface area is 144 Å². The second-order valence-electron chi connectivity index (χ2n) is 5.40. The van der Waals surface area contributed by atoms with Crippen LogP contribution in [0.4, 0.5) is 4.39 Å². The van der Waals surface area contributed by atoms with Crippen LogP contribution in [-0.2, 0) is 11.2 Å². The zero-order chi connectivity index (χ0) is 17.0. The molecule has 0 fully saturated rings. The van der Waals surface area contributed by atoms with Gasteiger partial charge in [-0.25, -0.2) is 9.37 Å². The number of likely N-dealkylation sites (N-methyl/N-ethyl adjacent to an activating group) is 1. The van der Waals surface area contributed by atoms with Gasteiger partial charge in [-0.05, 0) is 27.1 Å². The zero-order valence-corrected chi connectivity index (χ0v) is 14.8. The van der Waals surface area contributed by atoms with E-state index in [0.717, 1.165) is 10.7 Å². The average Bonchev–Trinajstić information content (AvgIpc) is 2.79. The van der Waals surface area contributed by atoms with Gasteiger partial charge in [0.1, 0.15) is 16.2 Å². The summed E-state index contributed by atoms with van der Waals surface area (Å²) in [7, 11) is 3.50. The molecular formula is C16H19ClFN3OS. The number of aromatic nitrogens is 1. The van der Waals surface area contributed by atoms with E-state index < -0.39 is 6.04 Å². The second kappa shape index (κ2) is 7.86. The predicted molar refractivity (Wildman–Crippen MR) is 91.4 cm³/mol. The summed E-state index contributed by atoms with van der Waals surface area (Å²) in [6.07, 6.45) is 0.599.